The van der Waals surface area contributed by atoms with Gasteiger partial charge >= 0.3 is 0 Å². The summed E-state index contributed by atoms with van der Waals surface area (Å²) in [6.45, 7) is 10.7. The minimum absolute atomic E-state index is 0.508. The molecule has 1 aliphatic rings. The van der Waals surface area contributed by atoms with Crippen molar-refractivity contribution in [2.75, 3.05) is 13.1 Å². The number of unbranched alkanes of at least 4 members (excludes halogenated alkanes) is 1. The molecular weight excluding hydrogens is 252 g/mol. The van der Waals surface area contributed by atoms with Crippen molar-refractivity contribution in [1.29, 1.82) is 0 Å². The van der Waals surface area contributed by atoms with E-state index in [1.807, 2.05) is 4.68 Å². The van der Waals surface area contributed by atoms with Crippen molar-refractivity contribution >= 4 is 0 Å². The second-order valence-electron chi connectivity index (χ2n) is 5.99. The maximum atomic E-state index is 4.21. The third-order valence-corrected chi connectivity index (χ3v) is 4.02. The van der Waals surface area contributed by atoms with Crippen molar-refractivity contribution in [3.63, 3.8) is 0 Å². The quantitative estimate of drug-likeness (QED) is 0.781. The number of nitrogens with one attached hydrogen (secondary N) is 1. The van der Waals surface area contributed by atoms with Gasteiger partial charge in [0.05, 0.1) is 6.54 Å². The lowest BCUT2D eigenvalue weighted by Crippen LogP contribution is -2.41. The van der Waals surface area contributed by atoms with Gasteiger partial charge in [-0.25, -0.2) is 4.68 Å². The predicted octanol–water partition coefficient (Wildman–Crippen LogP) is 1.44. The molecule has 0 saturated carbocycles. The highest BCUT2D eigenvalue weighted by Gasteiger charge is 2.21. The molecule has 1 aromatic rings. The summed E-state index contributed by atoms with van der Waals surface area (Å²) in [4.78, 5) is 2.47. The van der Waals surface area contributed by atoms with Crippen LogP contribution < -0.4 is 5.32 Å². The van der Waals surface area contributed by atoms with E-state index in [2.05, 4.69) is 46.5 Å². The second-order valence-corrected chi connectivity index (χ2v) is 5.99. The molecule has 0 bridgehead atoms. The Morgan fingerprint density at radius 3 is 2.95 bits per heavy atom. The Morgan fingerprint density at radius 1 is 1.45 bits per heavy atom. The first-order chi connectivity index (χ1) is 9.70. The highest BCUT2D eigenvalue weighted by Crippen LogP contribution is 2.12. The molecule has 2 rings (SSSR count). The normalized spacial score (nSPS) is 19.4. The molecular formula is C14H28N6. The fourth-order valence-corrected chi connectivity index (χ4v) is 2.65. The van der Waals surface area contributed by atoms with Crippen molar-refractivity contribution in [2.45, 2.75) is 71.6 Å². The molecule has 6 nitrogen and oxygen atoms in total. The van der Waals surface area contributed by atoms with E-state index in [-0.39, 0.29) is 0 Å². The van der Waals surface area contributed by atoms with Gasteiger partial charge in [0.25, 0.3) is 0 Å². The van der Waals surface area contributed by atoms with Crippen LogP contribution >= 0.6 is 0 Å². The molecule has 114 valence electrons. The maximum Gasteiger partial charge on any atom is 0.165 e. The third-order valence-electron chi connectivity index (χ3n) is 4.02. The van der Waals surface area contributed by atoms with Crippen molar-refractivity contribution in [3.8, 4) is 0 Å². The lowest BCUT2D eigenvalue weighted by Gasteiger charge is -2.28. The number of rotatable bonds is 8. The zero-order valence-corrected chi connectivity index (χ0v) is 13.0. The molecule has 0 aromatic carbocycles. The summed E-state index contributed by atoms with van der Waals surface area (Å²) in [6.07, 6.45) is 4.87. The molecule has 1 atom stereocenters. The molecule has 1 saturated heterocycles. The van der Waals surface area contributed by atoms with Crippen LogP contribution in [0.15, 0.2) is 0 Å². The Bertz CT molecular complexity index is 383. The van der Waals surface area contributed by atoms with E-state index in [4.69, 9.17) is 0 Å². The minimum atomic E-state index is 0.508. The van der Waals surface area contributed by atoms with Gasteiger partial charge in [0, 0.05) is 25.2 Å². The first kappa shape index (κ1) is 15.4. The van der Waals surface area contributed by atoms with Crippen LogP contribution in [0.3, 0.4) is 0 Å². The SMILES string of the molecule is CCCCn1nnnc1CN(CC1CCCN1)C(C)C. The molecule has 1 aliphatic heterocycles. The summed E-state index contributed by atoms with van der Waals surface area (Å²) in [5.74, 6) is 0.991. The smallest absolute Gasteiger partial charge is 0.165 e. The van der Waals surface area contributed by atoms with E-state index in [1.54, 1.807) is 0 Å². The largest absolute Gasteiger partial charge is 0.313 e. The molecule has 0 amide bonds. The summed E-state index contributed by atoms with van der Waals surface area (Å²) in [6, 6.07) is 1.13. The summed E-state index contributed by atoms with van der Waals surface area (Å²) >= 11 is 0. The molecule has 6 heteroatoms. The van der Waals surface area contributed by atoms with Gasteiger partial charge in [0.1, 0.15) is 0 Å². The average molecular weight is 280 g/mol. The molecule has 0 aliphatic carbocycles. The van der Waals surface area contributed by atoms with E-state index >= 15 is 0 Å². The number of aryl methyl sites for hydroxylation is 1. The topological polar surface area (TPSA) is 58.9 Å². The molecule has 1 aromatic heterocycles. The zero-order chi connectivity index (χ0) is 14.4. The third kappa shape index (κ3) is 4.24. The van der Waals surface area contributed by atoms with Gasteiger partial charge < -0.3 is 5.32 Å². The summed E-state index contributed by atoms with van der Waals surface area (Å²) in [5, 5.41) is 15.7. The van der Waals surface area contributed by atoms with Crippen LogP contribution in [-0.4, -0.2) is 50.3 Å². The maximum absolute atomic E-state index is 4.21. The van der Waals surface area contributed by atoms with Crippen LogP contribution in [0.25, 0.3) is 0 Å². The lowest BCUT2D eigenvalue weighted by molar-refractivity contribution is 0.186. The molecule has 1 unspecified atom stereocenters. The van der Waals surface area contributed by atoms with Gasteiger partial charge in [-0.1, -0.05) is 13.3 Å². The van der Waals surface area contributed by atoms with E-state index in [1.165, 1.54) is 19.3 Å². The van der Waals surface area contributed by atoms with Gasteiger partial charge in [0.2, 0.25) is 0 Å². The molecule has 1 N–H and O–H groups in total. The highest BCUT2D eigenvalue weighted by atomic mass is 15.5. The summed E-state index contributed by atoms with van der Waals surface area (Å²) in [7, 11) is 0. The Balaban J connectivity index is 1.94. The standard InChI is InChI=1S/C14H28N6/c1-4-5-9-20-14(16-17-18-20)11-19(12(2)3)10-13-7-6-8-15-13/h12-13,15H,4-11H2,1-3H3. The van der Waals surface area contributed by atoms with Crippen molar-refractivity contribution in [2.24, 2.45) is 0 Å². The first-order valence-corrected chi connectivity index (χ1v) is 7.93. The summed E-state index contributed by atoms with van der Waals surface area (Å²) in [5.41, 5.74) is 0. The van der Waals surface area contributed by atoms with Crippen LogP contribution in [0.2, 0.25) is 0 Å². The predicted molar refractivity (Wildman–Crippen MR) is 79.3 cm³/mol. The van der Waals surface area contributed by atoms with Gasteiger partial charge in [-0.05, 0) is 50.1 Å². The van der Waals surface area contributed by atoms with E-state index < -0.39 is 0 Å². The van der Waals surface area contributed by atoms with Crippen LogP contribution in [0.5, 0.6) is 0 Å². The average Bonchev–Trinajstić information content (AvgIpc) is 3.07. The van der Waals surface area contributed by atoms with Crippen LogP contribution in [0.1, 0.15) is 52.3 Å². The molecule has 20 heavy (non-hydrogen) atoms. The van der Waals surface area contributed by atoms with E-state index in [9.17, 15) is 0 Å². The van der Waals surface area contributed by atoms with E-state index in [0.29, 0.717) is 12.1 Å². The monoisotopic (exact) mass is 280 g/mol. The van der Waals surface area contributed by atoms with Crippen molar-refractivity contribution < 1.29 is 0 Å². The van der Waals surface area contributed by atoms with Crippen LogP contribution in [0.4, 0.5) is 0 Å². The Hall–Kier alpha value is -1.01. The fourth-order valence-electron chi connectivity index (χ4n) is 2.65. The van der Waals surface area contributed by atoms with Gasteiger partial charge in [-0.3, -0.25) is 4.90 Å². The van der Waals surface area contributed by atoms with Gasteiger partial charge in [0.15, 0.2) is 5.82 Å². The molecule has 1 fully saturated rings. The van der Waals surface area contributed by atoms with Gasteiger partial charge in [-0.2, -0.15) is 0 Å². The van der Waals surface area contributed by atoms with Crippen LogP contribution in [0, 0.1) is 0 Å². The molecule has 2 heterocycles. The number of tetrazole rings is 1. The Kier molecular flexibility index (Phi) is 5.91. The Labute approximate surface area is 121 Å². The van der Waals surface area contributed by atoms with E-state index in [0.717, 1.165) is 38.4 Å². The lowest BCUT2D eigenvalue weighted by atomic mass is 10.2. The van der Waals surface area contributed by atoms with Crippen molar-refractivity contribution in [3.05, 3.63) is 5.82 Å². The molecule has 0 spiro atoms. The zero-order valence-electron chi connectivity index (χ0n) is 13.0. The Morgan fingerprint density at radius 2 is 2.30 bits per heavy atom. The highest BCUT2D eigenvalue weighted by molar-refractivity contribution is 4.85. The number of aromatic nitrogens is 4. The minimum Gasteiger partial charge on any atom is -0.313 e. The number of nitrogens with zero attached hydrogens (tertiary/aromatic N) is 5. The number of hydrogen-bond donors (Lipinski definition) is 1. The fraction of sp³-hybridized carbons (Fsp3) is 0.929. The van der Waals surface area contributed by atoms with Crippen LogP contribution in [-0.2, 0) is 13.1 Å². The summed E-state index contributed by atoms with van der Waals surface area (Å²) < 4.78 is 1.96. The second kappa shape index (κ2) is 7.69. The van der Waals surface area contributed by atoms with Gasteiger partial charge in [-0.15, -0.1) is 5.10 Å². The van der Waals surface area contributed by atoms with Crippen molar-refractivity contribution in [1.82, 2.24) is 30.4 Å². The molecule has 0 radical (unpaired) electrons. The first-order valence-electron chi connectivity index (χ1n) is 7.93. The number of hydrogen-bond acceptors (Lipinski definition) is 5.